The van der Waals surface area contributed by atoms with Gasteiger partial charge < -0.3 is 50.9 Å². The first-order valence-corrected chi connectivity index (χ1v) is 0. The number of hydrogen-bond acceptors (Lipinski definition) is 0. The Hall–Kier alpha value is 4.47. The van der Waals surface area contributed by atoms with Crippen molar-refractivity contribution in [1.29, 1.82) is 0 Å². The van der Waals surface area contributed by atoms with Crippen LogP contribution in [0.15, 0.2) is 0 Å². The van der Waals surface area contributed by atoms with Crippen molar-refractivity contribution in [2.45, 2.75) is 0 Å². The number of rotatable bonds is 0. The normalized spacial score (nSPS) is 0. The number of hydrogen-bond donors (Lipinski definition) is 0. The number of halogens is 3. The van der Waals surface area contributed by atoms with E-state index in [2.05, 4.69) is 0 Å². The summed E-state index contributed by atoms with van der Waals surface area (Å²) in [6.45, 7) is 0. The molecule has 6 heteroatoms. The van der Waals surface area contributed by atoms with Crippen LogP contribution in [0.1, 0.15) is 0 Å². The molecule has 0 radical (unpaired) electrons. The van der Waals surface area contributed by atoms with Gasteiger partial charge in [0, 0.05) is 0 Å². The molecule has 0 aromatic heterocycles. The van der Waals surface area contributed by atoms with Gasteiger partial charge in [-0.1, -0.05) is 0 Å². The van der Waals surface area contributed by atoms with Crippen molar-refractivity contribution in [1.82, 2.24) is 0 Å². The van der Waals surface area contributed by atoms with Gasteiger partial charge in [0.2, 0.25) is 0 Å². The van der Waals surface area contributed by atoms with Crippen molar-refractivity contribution in [3.05, 3.63) is 0 Å². The smallest absolute Gasteiger partial charge is 1.00 e. The zero-order chi connectivity index (χ0) is 0. The molecule has 0 heterocycles. The van der Waals surface area contributed by atoms with Gasteiger partial charge in [-0.2, -0.15) is 0 Å². The maximum Gasteiger partial charge on any atom is 2.00 e. The van der Waals surface area contributed by atoms with E-state index in [-0.39, 0.29) is 141 Å². The fourth-order valence-electron chi connectivity index (χ4n) is 0. The zero-order valence-electron chi connectivity index (χ0n) is 3.55. The van der Waals surface area contributed by atoms with Crippen LogP contribution in [-0.2, 0) is 0 Å². The molecule has 0 N–H and O–H groups in total. The molecule has 0 rings (SSSR count). The molecular formula is Br3CaMgNa+2. The topological polar surface area (TPSA) is 0 Å². The average Bonchev–Trinajstić information content (AvgIpc) is 0. The van der Waals surface area contributed by atoms with Crippen LogP contribution in [0.3, 0.4) is 0 Å². The van der Waals surface area contributed by atoms with E-state index in [4.69, 9.17) is 0 Å². The Bertz CT molecular complexity index is 10.8. The van der Waals surface area contributed by atoms with Crippen molar-refractivity contribution in [3.8, 4) is 0 Å². The van der Waals surface area contributed by atoms with Gasteiger partial charge in [-0.15, -0.1) is 0 Å². The van der Waals surface area contributed by atoms with E-state index in [9.17, 15) is 0 Å². The summed E-state index contributed by atoms with van der Waals surface area (Å²) in [6, 6.07) is 0. The van der Waals surface area contributed by atoms with E-state index in [1.54, 1.807) is 0 Å². The molecule has 0 aromatic rings. The fraction of sp³-hybridized carbons (Fsp3) is 0. The second-order valence-corrected chi connectivity index (χ2v) is 0. The minimum atomic E-state index is 0. The summed E-state index contributed by atoms with van der Waals surface area (Å²) in [5, 5.41) is 0. The Morgan fingerprint density at radius 2 is 0.667 bits per heavy atom. The van der Waals surface area contributed by atoms with Gasteiger partial charge in [0.25, 0.3) is 0 Å². The third-order valence-electron chi connectivity index (χ3n) is 0. The van der Waals surface area contributed by atoms with Crippen LogP contribution < -0.4 is 80.5 Å². The third-order valence-corrected chi connectivity index (χ3v) is 0. The van der Waals surface area contributed by atoms with Gasteiger partial charge in [-0.3, -0.25) is 0 Å². The monoisotopic (exact) mass is 324 g/mol. The molecule has 0 spiro atoms. The van der Waals surface area contributed by atoms with Crippen LogP contribution in [-0.4, -0.2) is 60.8 Å². The largest absolute Gasteiger partial charge is 2.00 e. The fourth-order valence-corrected chi connectivity index (χ4v) is 0. The van der Waals surface area contributed by atoms with Crippen LogP contribution in [0.4, 0.5) is 0 Å². The molecule has 0 amide bonds. The molecule has 0 nitrogen and oxygen atoms in total. The van der Waals surface area contributed by atoms with E-state index >= 15 is 0 Å². The molecule has 6 heavy (non-hydrogen) atoms. The zero-order valence-corrected chi connectivity index (χ0v) is 13.9. The Morgan fingerprint density at radius 1 is 0.667 bits per heavy atom. The molecule has 0 aromatic carbocycles. The van der Waals surface area contributed by atoms with Gasteiger partial charge in [0.1, 0.15) is 0 Å². The molecule has 0 aliphatic carbocycles. The quantitative estimate of drug-likeness (QED) is 0.388. The minimum Gasteiger partial charge on any atom is -1.00 e. The van der Waals surface area contributed by atoms with Crippen LogP contribution in [0.5, 0.6) is 0 Å². The predicted molar refractivity (Wildman–Crippen MR) is 11.5 cm³/mol. The summed E-state index contributed by atoms with van der Waals surface area (Å²) >= 11 is 0. The van der Waals surface area contributed by atoms with Crippen LogP contribution in [0.2, 0.25) is 0 Å². The van der Waals surface area contributed by atoms with E-state index < -0.39 is 0 Å². The van der Waals surface area contributed by atoms with Crippen LogP contribution in [0, 0.1) is 0 Å². The second kappa shape index (κ2) is 34.0. The summed E-state index contributed by atoms with van der Waals surface area (Å²) < 4.78 is 0. The third kappa shape index (κ3) is 23.7. The van der Waals surface area contributed by atoms with Gasteiger partial charge in [0.05, 0.1) is 0 Å². The summed E-state index contributed by atoms with van der Waals surface area (Å²) in [4.78, 5) is 0. The summed E-state index contributed by atoms with van der Waals surface area (Å²) in [7, 11) is 0. The summed E-state index contributed by atoms with van der Waals surface area (Å²) in [6.07, 6.45) is 0. The molecule has 0 aliphatic rings. The molecule has 24 valence electrons. The van der Waals surface area contributed by atoms with Gasteiger partial charge in [-0.25, -0.2) is 0 Å². The maximum absolute atomic E-state index is 0. The molecule has 0 saturated carbocycles. The standard InChI is InChI=1S/3BrH.Ca.Mg.Na/h3*1H;;;/q;;;2*+2;+1/p-3. The molecule has 0 aliphatic heterocycles. The molecule has 0 fully saturated rings. The predicted octanol–water partition coefficient (Wildman–Crippen LogP) is -12.7. The van der Waals surface area contributed by atoms with Crippen molar-refractivity contribution in [2.24, 2.45) is 0 Å². The average molecular weight is 327 g/mol. The van der Waals surface area contributed by atoms with Gasteiger partial charge >= 0.3 is 90.3 Å². The first-order chi connectivity index (χ1) is 0. The van der Waals surface area contributed by atoms with E-state index in [1.165, 1.54) is 0 Å². The van der Waals surface area contributed by atoms with Crippen LogP contribution in [0.25, 0.3) is 0 Å². The summed E-state index contributed by atoms with van der Waals surface area (Å²) in [5.41, 5.74) is 0. The van der Waals surface area contributed by atoms with Crippen molar-refractivity contribution < 1.29 is 80.5 Å². The van der Waals surface area contributed by atoms with E-state index in [0.29, 0.717) is 0 Å². The van der Waals surface area contributed by atoms with Crippen molar-refractivity contribution in [3.63, 3.8) is 0 Å². The Labute approximate surface area is 138 Å². The SMILES string of the molecule is [Br-].[Br-].[Br-].[Ca+2].[Mg+2].[Na+]. The first-order valence-electron chi connectivity index (χ1n) is 0. The Morgan fingerprint density at radius 3 is 0.667 bits per heavy atom. The van der Waals surface area contributed by atoms with Crippen LogP contribution >= 0.6 is 0 Å². The van der Waals surface area contributed by atoms with E-state index in [1.807, 2.05) is 0 Å². The van der Waals surface area contributed by atoms with Crippen molar-refractivity contribution >= 4 is 60.8 Å². The molecule has 0 atom stereocenters. The molecule has 0 unspecified atom stereocenters. The van der Waals surface area contributed by atoms with Gasteiger partial charge in [-0.05, 0) is 0 Å². The summed E-state index contributed by atoms with van der Waals surface area (Å²) in [5.74, 6) is 0. The van der Waals surface area contributed by atoms with Crippen molar-refractivity contribution in [2.75, 3.05) is 0 Å². The molecular weight excluding hydrogens is 327 g/mol. The van der Waals surface area contributed by atoms with Gasteiger partial charge in [0.15, 0.2) is 0 Å². The Kier molecular flexibility index (Phi) is 267. The minimum absolute atomic E-state index is 0. The second-order valence-electron chi connectivity index (χ2n) is 0. The maximum atomic E-state index is 0. The molecule has 0 bridgehead atoms. The van der Waals surface area contributed by atoms with E-state index in [0.717, 1.165) is 0 Å². The first kappa shape index (κ1) is 47.0. The Balaban J connectivity index is 0. The molecule has 0 saturated heterocycles.